The van der Waals surface area contributed by atoms with Crippen LogP contribution in [-0.4, -0.2) is 43.6 Å². The lowest BCUT2D eigenvalue weighted by atomic mass is 10.2. The number of ether oxygens (including phenoxy) is 1. The molecule has 8 heteroatoms. The van der Waals surface area contributed by atoms with Crippen molar-refractivity contribution in [3.8, 4) is 0 Å². The number of nitrogens with zero attached hydrogens (tertiary/aromatic N) is 2. The Kier molecular flexibility index (Phi) is 5.53. The Morgan fingerprint density at radius 1 is 1.03 bits per heavy atom. The van der Waals surface area contributed by atoms with Crippen LogP contribution in [0.15, 0.2) is 53.0 Å². The Morgan fingerprint density at radius 2 is 1.69 bits per heavy atom. The van der Waals surface area contributed by atoms with Gasteiger partial charge in [0.05, 0.1) is 13.1 Å². The summed E-state index contributed by atoms with van der Waals surface area (Å²) in [6, 6.07) is 14.3. The molecule has 2 aliphatic rings. The second kappa shape index (κ2) is 8.24. The lowest BCUT2D eigenvalue weighted by Gasteiger charge is -2.18. The van der Waals surface area contributed by atoms with E-state index in [1.165, 1.54) is 4.90 Å². The number of nitrogens with one attached hydrogen (secondary N) is 1. The molecule has 3 amide bonds. The fourth-order valence-corrected chi connectivity index (χ4v) is 3.75. The van der Waals surface area contributed by atoms with Gasteiger partial charge in [0.1, 0.15) is 6.10 Å². The average Bonchev–Trinajstić information content (AvgIpc) is 3.32. The maximum Gasteiger partial charge on any atom is 0.414 e. The van der Waals surface area contributed by atoms with E-state index in [9.17, 15) is 14.4 Å². The first-order chi connectivity index (χ1) is 14.0. The van der Waals surface area contributed by atoms with E-state index in [0.29, 0.717) is 24.2 Å². The highest BCUT2D eigenvalue weighted by Crippen LogP contribution is 2.27. The van der Waals surface area contributed by atoms with Crippen LogP contribution < -0.4 is 15.1 Å². The molecule has 0 radical (unpaired) electrons. The molecule has 1 N–H and O–H groups in total. The smallest absolute Gasteiger partial charge is 0.414 e. The normalized spacial score (nSPS) is 18.9. The molecule has 0 aromatic heterocycles. The minimum atomic E-state index is -0.446. The van der Waals surface area contributed by atoms with Crippen LogP contribution in [0.3, 0.4) is 0 Å². The zero-order chi connectivity index (χ0) is 20.4. The molecule has 2 saturated heterocycles. The summed E-state index contributed by atoms with van der Waals surface area (Å²) in [6.07, 6.45) is 0.570. The van der Waals surface area contributed by atoms with Gasteiger partial charge in [-0.05, 0) is 55.0 Å². The molecule has 1 unspecified atom stereocenters. The molecule has 0 aliphatic carbocycles. The molecule has 2 aromatic rings. The van der Waals surface area contributed by atoms with Crippen LogP contribution in [0.1, 0.15) is 23.2 Å². The Hall–Kier alpha value is -2.87. The fraction of sp³-hybridized carbons (Fsp3) is 0.286. The first kappa shape index (κ1) is 19.4. The highest BCUT2D eigenvalue weighted by molar-refractivity contribution is 9.10. The topological polar surface area (TPSA) is 79.0 Å². The zero-order valence-corrected chi connectivity index (χ0v) is 17.2. The Balaban J connectivity index is 1.34. The van der Waals surface area contributed by atoms with Crippen molar-refractivity contribution in [3.63, 3.8) is 0 Å². The van der Waals surface area contributed by atoms with E-state index in [2.05, 4.69) is 21.2 Å². The molecule has 2 aliphatic heterocycles. The number of cyclic esters (lactones) is 1. The number of benzene rings is 2. The van der Waals surface area contributed by atoms with E-state index < -0.39 is 12.2 Å². The maximum absolute atomic E-state index is 12.3. The predicted octanol–water partition coefficient (Wildman–Crippen LogP) is 3.33. The fourth-order valence-electron chi connectivity index (χ4n) is 3.48. The molecule has 150 valence electrons. The number of halogens is 1. The van der Waals surface area contributed by atoms with E-state index >= 15 is 0 Å². The third-order valence-electron chi connectivity index (χ3n) is 5.02. The number of rotatable bonds is 5. The first-order valence-electron chi connectivity index (χ1n) is 9.43. The number of hydrogen-bond acceptors (Lipinski definition) is 4. The molecule has 1 atom stereocenters. The molecular formula is C21H20BrN3O4. The van der Waals surface area contributed by atoms with Gasteiger partial charge in [-0.1, -0.05) is 15.9 Å². The van der Waals surface area contributed by atoms with Crippen molar-refractivity contribution < 1.29 is 19.1 Å². The minimum absolute atomic E-state index is 0.125. The third-order valence-corrected chi connectivity index (χ3v) is 5.55. The zero-order valence-electron chi connectivity index (χ0n) is 15.6. The molecule has 2 aromatic carbocycles. The molecule has 0 bridgehead atoms. The van der Waals surface area contributed by atoms with Crippen LogP contribution in [0.5, 0.6) is 0 Å². The van der Waals surface area contributed by atoms with Gasteiger partial charge in [-0.15, -0.1) is 0 Å². The summed E-state index contributed by atoms with van der Waals surface area (Å²) < 4.78 is 6.28. The van der Waals surface area contributed by atoms with Gasteiger partial charge < -0.3 is 15.0 Å². The van der Waals surface area contributed by atoms with Crippen molar-refractivity contribution >= 4 is 45.2 Å². The summed E-state index contributed by atoms with van der Waals surface area (Å²) in [7, 11) is 0. The quantitative estimate of drug-likeness (QED) is 0.746. The first-order valence-corrected chi connectivity index (χ1v) is 10.2. The average molecular weight is 458 g/mol. The molecule has 4 rings (SSSR count). The van der Waals surface area contributed by atoms with Gasteiger partial charge in [-0.2, -0.15) is 0 Å². The van der Waals surface area contributed by atoms with Crippen LogP contribution in [0.2, 0.25) is 0 Å². The van der Waals surface area contributed by atoms with Crippen LogP contribution in [0, 0.1) is 0 Å². The van der Waals surface area contributed by atoms with E-state index in [-0.39, 0.29) is 18.4 Å². The highest BCUT2D eigenvalue weighted by atomic mass is 79.9. The Bertz CT molecular complexity index is 930. The van der Waals surface area contributed by atoms with Crippen LogP contribution in [0.25, 0.3) is 0 Å². The van der Waals surface area contributed by atoms with Crippen molar-refractivity contribution in [3.05, 3.63) is 58.6 Å². The van der Waals surface area contributed by atoms with Crippen molar-refractivity contribution in [1.29, 1.82) is 0 Å². The molecule has 29 heavy (non-hydrogen) atoms. The SMILES string of the molecule is O=C(NCC1CN(c2ccc(N3CCCC3=O)cc2)C(=O)O1)c1ccc(Br)cc1. The summed E-state index contributed by atoms with van der Waals surface area (Å²) in [5.74, 6) is -0.0912. The largest absolute Gasteiger partial charge is 0.442 e. The van der Waals surface area contributed by atoms with Crippen LogP contribution in [-0.2, 0) is 9.53 Å². The molecular weight excluding hydrogens is 438 g/mol. The van der Waals surface area contributed by atoms with Crippen molar-refractivity contribution in [2.24, 2.45) is 0 Å². The Morgan fingerprint density at radius 3 is 2.31 bits per heavy atom. The van der Waals surface area contributed by atoms with Gasteiger partial charge in [0.25, 0.3) is 5.91 Å². The van der Waals surface area contributed by atoms with Gasteiger partial charge in [-0.25, -0.2) is 4.79 Å². The highest BCUT2D eigenvalue weighted by Gasteiger charge is 2.32. The second-order valence-corrected chi connectivity index (χ2v) is 7.91. The number of hydrogen-bond donors (Lipinski definition) is 1. The van der Waals surface area contributed by atoms with Crippen LogP contribution >= 0.6 is 15.9 Å². The van der Waals surface area contributed by atoms with E-state index in [1.54, 1.807) is 29.2 Å². The number of anilines is 2. The third kappa shape index (κ3) is 4.27. The standard InChI is InChI=1S/C21H20BrN3O4/c22-15-5-3-14(4-6-15)20(27)23-12-18-13-25(21(28)29-18)17-9-7-16(8-10-17)24-11-1-2-19(24)26/h3-10,18H,1-2,11-13H2,(H,23,27). The maximum atomic E-state index is 12.3. The molecule has 7 nitrogen and oxygen atoms in total. The van der Waals surface area contributed by atoms with Crippen LogP contribution in [0.4, 0.5) is 16.2 Å². The van der Waals surface area contributed by atoms with E-state index in [0.717, 1.165) is 23.1 Å². The summed E-state index contributed by atoms with van der Waals surface area (Å²) >= 11 is 3.34. The lowest BCUT2D eigenvalue weighted by molar-refractivity contribution is -0.117. The summed E-state index contributed by atoms with van der Waals surface area (Å²) in [5, 5.41) is 2.80. The predicted molar refractivity (Wildman–Crippen MR) is 112 cm³/mol. The molecule has 2 heterocycles. The molecule has 0 saturated carbocycles. The van der Waals surface area contributed by atoms with Crippen molar-refractivity contribution in [1.82, 2.24) is 5.32 Å². The van der Waals surface area contributed by atoms with Gasteiger partial charge in [-0.3, -0.25) is 14.5 Å². The number of carbonyl (C=O) groups excluding carboxylic acids is 3. The van der Waals surface area contributed by atoms with Gasteiger partial charge >= 0.3 is 6.09 Å². The van der Waals surface area contributed by atoms with Crippen molar-refractivity contribution in [2.45, 2.75) is 18.9 Å². The van der Waals surface area contributed by atoms with Gasteiger partial charge in [0.2, 0.25) is 5.91 Å². The Labute approximate surface area is 176 Å². The van der Waals surface area contributed by atoms with E-state index in [1.807, 2.05) is 24.3 Å². The minimum Gasteiger partial charge on any atom is -0.442 e. The van der Waals surface area contributed by atoms with Gasteiger partial charge in [0, 0.05) is 34.4 Å². The van der Waals surface area contributed by atoms with Gasteiger partial charge in [0.15, 0.2) is 0 Å². The summed E-state index contributed by atoms with van der Waals surface area (Å²) in [6.45, 7) is 1.31. The monoisotopic (exact) mass is 457 g/mol. The van der Waals surface area contributed by atoms with E-state index in [4.69, 9.17) is 4.74 Å². The summed E-state index contributed by atoms with van der Waals surface area (Å²) in [4.78, 5) is 39.6. The number of carbonyl (C=O) groups is 3. The lowest BCUT2D eigenvalue weighted by Crippen LogP contribution is -2.34. The summed E-state index contributed by atoms with van der Waals surface area (Å²) in [5.41, 5.74) is 2.08. The molecule has 2 fully saturated rings. The second-order valence-electron chi connectivity index (χ2n) is 7.00. The number of amides is 3. The molecule has 0 spiro atoms. The van der Waals surface area contributed by atoms with Crippen molar-refractivity contribution in [2.75, 3.05) is 29.4 Å².